The van der Waals surface area contributed by atoms with E-state index in [1.54, 1.807) is 9.80 Å². The first-order chi connectivity index (χ1) is 12.6. The smallest absolute Gasteiger partial charge is 0.341 e. The number of nitrogens with zero attached hydrogens (tertiary/aromatic N) is 3. The summed E-state index contributed by atoms with van der Waals surface area (Å²) in [7, 11) is 0. The van der Waals surface area contributed by atoms with Crippen LogP contribution in [0.15, 0.2) is 12.3 Å². The van der Waals surface area contributed by atoms with Gasteiger partial charge in [-0.2, -0.15) is 13.2 Å². The second-order valence-corrected chi connectivity index (χ2v) is 6.39. The average Bonchev–Trinajstić information content (AvgIpc) is 3.19. The Morgan fingerprint density at radius 2 is 2.07 bits per heavy atom. The van der Waals surface area contributed by atoms with Crippen LogP contribution in [-0.4, -0.2) is 63.6 Å². The van der Waals surface area contributed by atoms with Gasteiger partial charge in [0.05, 0.1) is 23.8 Å². The summed E-state index contributed by atoms with van der Waals surface area (Å²) in [6.07, 6.45) is -3.34. The molecule has 1 saturated heterocycles. The van der Waals surface area contributed by atoms with Gasteiger partial charge in [-0.3, -0.25) is 24.8 Å². The van der Waals surface area contributed by atoms with Gasteiger partial charge in [-0.1, -0.05) is 0 Å². The number of carbonyl (C=O) groups excluding carboxylic acids is 3. The molecule has 3 amide bonds. The molecule has 0 bridgehead atoms. The van der Waals surface area contributed by atoms with E-state index in [0.717, 1.165) is 6.20 Å². The fourth-order valence-corrected chi connectivity index (χ4v) is 3.16. The molecule has 27 heavy (non-hydrogen) atoms. The van der Waals surface area contributed by atoms with Gasteiger partial charge in [0, 0.05) is 31.8 Å². The number of nitrogens with one attached hydrogen (secondary N) is 2. The van der Waals surface area contributed by atoms with Gasteiger partial charge in [-0.05, 0) is 12.5 Å². The van der Waals surface area contributed by atoms with Gasteiger partial charge in [-0.15, -0.1) is 0 Å². The fourth-order valence-electron chi connectivity index (χ4n) is 3.16. The molecule has 1 aromatic heterocycles. The van der Waals surface area contributed by atoms with Gasteiger partial charge in [0.15, 0.2) is 0 Å². The van der Waals surface area contributed by atoms with Crippen molar-refractivity contribution in [3.8, 4) is 0 Å². The van der Waals surface area contributed by atoms with Crippen LogP contribution >= 0.6 is 0 Å². The number of pyridine rings is 1. The lowest BCUT2D eigenvalue weighted by atomic mass is 10.1. The molecule has 3 rings (SSSR count). The lowest BCUT2D eigenvalue weighted by molar-refractivity contribution is -0.171. The van der Waals surface area contributed by atoms with Crippen molar-refractivity contribution in [3.05, 3.63) is 29.1 Å². The highest BCUT2D eigenvalue weighted by molar-refractivity contribution is 6.09. The van der Waals surface area contributed by atoms with E-state index in [4.69, 9.17) is 5.41 Å². The molecular weight excluding hydrogens is 367 g/mol. The maximum Gasteiger partial charge on any atom is 0.471 e. The molecule has 1 atom stereocenters. The minimum Gasteiger partial charge on any atom is -0.341 e. The minimum atomic E-state index is -5.12. The quantitative estimate of drug-likeness (QED) is 0.578. The molecule has 0 aliphatic carbocycles. The van der Waals surface area contributed by atoms with Crippen LogP contribution in [0.25, 0.3) is 0 Å². The second-order valence-electron chi connectivity index (χ2n) is 6.39. The van der Waals surface area contributed by atoms with Crippen molar-refractivity contribution in [2.24, 2.45) is 0 Å². The van der Waals surface area contributed by atoms with Gasteiger partial charge >= 0.3 is 12.1 Å². The summed E-state index contributed by atoms with van der Waals surface area (Å²) >= 11 is 0. The third kappa shape index (κ3) is 3.62. The molecule has 11 heteroatoms. The molecule has 1 aromatic rings. The van der Waals surface area contributed by atoms with Crippen LogP contribution in [0.4, 0.5) is 13.2 Å². The minimum absolute atomic E-state index is 0.0732. The number of amides is 3. The van der Waals surface area contributed by atoms with Crippen molar-refractivity contribution in [3.63, 3.8) is 0 Å². The van der Waals surface area contributed by atoms with E-state index in [1.807, 2.05) is 0 Å². The molecule has 2 aliphatic heterocycles. The zero-order valence-corrected chi connectivity index (χ0v) is 14.3. The molecule has 2 aliphatic rings. The summed E-state index contributed by atoms with van der Waals surface area (Å²) < 4.78 is 36.9. The van der Waals surface area contributed by atoms with Crippen molar-refractivity contribution in [1.82, 2.24) is 20.1 Å². The summed E-state index contributed by atoms with van der Waals surface area (Å²) in [5.74, 6) is -3.49. The molecule has 0 saturated carbocycles. The van der Waals surface area contributed by atoms with Crippen LogP contribution in [0.3, 0.4) is 0 Å². The summed E-state index contributed by atoms with van der Waals surface area (Å²) in [4.78, 5) is 42.3. The van der Waals surface area contributed by atoms with Crippen molar-refractivity contribution in [2.75, 3.05) is 13.1 Å². The van der Waals surface area contributed by atoms with E-state index < -0.39 is 17.9 Å². The number of rotatable bonds is 2. The second kappa shape index (κ2) is 6.63. The molecule has 0 spiro atoms. The highest BCUT2D eigenvalue weighted by atomic mass is 19.4. The zero-order chi connectivity index (χ0) is 19.9. The predicted octanol–water partition coefficient (Wildman–Crippen LogP) is 0.662. The van der Waals surface area contributed by atoms with Crippen molar-refractivity contribution < 1.29 is 27.6 Å². The van der Waals surface area contributed by atoms with Crippen LogP contribution in [0.5, 0.6) is 0 Å². The number of hydrogen-bond acceptors (Lipinski definition) is 5. The molecular formula is C16H16F3N5O3. The molecule has 2 N–H and O–H groups in total. The first-order valence-electron chi connectivity index (χ1n) is 8.10. The van der Waals surface area contributed by atoms with Gasteiger partial charge in [0.1, 0.15) is 5.84 Å². The Balaban J connectivity index is 1.74. The van der Waals surface area contributed by atoms with Crippen molar-refractivity contribution >= 4 is 23.6 Å². The van der Waals surface area contributed by atoms with Crippen molar-refractivity contribution in [2.45, 2.75) is 32.1 Å². The maximum absolute atomic E-state index is 12.7. The van der Waals surface area contributed by atoms with Gasteiger partial charge in [0.25, 0.3) is 5.91 Å². The molecule has 1 fully saturated rings. The number of amidine groups is 1. The van der Waals surface area contributed by atoms with E-state index in [2.05, 4.69) is 4.98 Å². The van der Waals surface area contributed by atoms with E-state index in [9.17, 15) is 27.6 Å². The lowest BCUT2D eigenvalue weighted by Gasteiger charge is -2.23. The normalized spacial score (nSPS) is 19.3. The topological polar surface area (TPSA) is 106 Å². The fraction of sp³-hybridized carbons (Fsp3) is 0.438. The SMILES string of the molecule is CC(=O)N1CCC(N2Cc3ncc(C(=N)NC(=O)C(F)(F)F)cc3C2=O)C1. The number of halogens is 3. The van der Waals surface area contributed by atoms with Gasteiger partial charge in [-0.25, -0.2) is 0 Å². The average molecular weight is 383 g/mol. The number of alkyl halides is 3. The number of likely N-dealkylation sites (tertiary alicyclic amines) is 1. The lowest BCUT2D eigenvalue weighted by Crippen LogP contribution is -2.40. The van der Waals surface area contributed by atoms with Crippen LogP contribution in [-0.2, 0) is 16.1 Å². The Kier molecular flexibility index (Phi) is 4.62. The number of fused-ring (bicyclic) bond motifs is 1. The third-order valence-electron chi connectivity index (χ3n) is 4.62. The van der Waals surface area contributed by atoms with E-state index in [1.165, 1.54) is 18.3 Å². The third-order valence-corrected chi connectivity index (χ3v) is 4.62. The number of aromatic nitrogens is 1. The molecule has 0 aromatic carbocycles. The van der Waals surface area contributed by atoms with Crippen LogP contribution in [0.1, 0.15) is 35.0 Å². The first kappa shape index (κ1) is 18.8. The molecule has 8 nitrogen and oxygen atoms in total. The van der Waals surface area contributed by atoms with Crippen LogP contribution in [0.2, 0.25) is 0 Å². The summed E-state index contributed by atoms with van der Waals surface area (Å²) in [5.41, 5.74) is 0.526. The Morgan fingerprint density at radius 3 is 2.67 bits per heavy atom. The standard InChI is InChI=1S/C16H16F3N5O3/c1-8(25)23-3-2-10(6-23)24-7-12-11(14(24)26)4-9(5-21-12)13(20)22-15(27)16(17,18)19/h4-5,10H,2-3,6-7H2,1H3,(H2,20,22,27). The highest BCUT2D eigenvalue weighted by Gasteiger charge is 2.40. The summed E-state index contributed by atoms with van der Waals surface area (Å²) in [6, 6.07) is 1.09. The maximum atomic E-state index is 12.7. The predicted molar refractivity (Wildman–Crippen MR) is 85.8 cm³/mol. The van der Waals surface area contributed by atoms with E-state index >= 15 is 0 Å². The Bertz CT molecular complexity index is 839. The Labute approximate surface area is 151 Å². The van der Waals surface area contributed by atoms with Gasteiger partial charge in [0.2, 0.25) is 5.91 Å². The molecule has 1 unspecified atom stereocenters. The van der Waals surface area contributed by atoms with Crippen molar-refractivity contribution in [1.29, 1.82) is 5.41 Å². The molecule has 3 heterocycles. The van der Waals surface area contributed by atoms with Gasteiger partial charge < -0.3 is 15.1 Å². The number of hydrogen-bond donors (Lipinski definition) is 2. The highest BCUT2D eigenvalue weighted by Crippen LogP contribution is 2.27. The van der Waals surface area contributed by atoms with E-state index in [0.29, 0.717) is 25.2 Å². The zero-order valence-electron chi connectivity index (χ0n) is 14.3. The first-order valence-corrected chi connectivity index (χ1v) is 8.10. The number of carbonyl (C=O) groups is 3. The largest absolute Gasteiger partial charge is 0.471 e. The monoisotopic (exact) mass is 383 g/mol. The van der Waals surface area contributed by atoms with Crippen LogP contribution < -0.4 is 5.32 Å². The molecule has 0 radical (unpaired) electrons. The Morgan fingerprint density at radius 1 is 1.37 bits per heavy atom. The Hall–Kier alpha value is -2.98. The molecule has 144 valence electrons. The summed E-state index contributed by atoms with van der Waals surface area (Å²) in [6.45, 7) is 2.65. The summed E-state index contributed by atoms with van der Waals surface area (Å²) in [5, 5.41) is 9.06. The van der Waals surface area contributed by atoms with Crippen LogP contribution in [0, 0.1) is 5.41 Å². The van der Waals surface area contributed by atoms with E-state index in [-0.39, 0.29) is 35.5 Å².